The molecule has 1 rings (SSSR count). The molecular formula is C23H45NO2. The van der Waals surface area contributed by atoms with Gasteiger partial charge in [0, 0.05) is 19.6 Å². The van der Waals surface area contributed by atoms with Crippen LogP contribution in [0, 0.1) is 0 Å². The maximum Gasteiger partial charge on any atom is 0.307 e. The lowest BCUT2D eigenvalue weighted by molar-refractivity contribution is -0.143. The second-order valence-electron chi connectivity index (χ2n) is 8.12. The van der Waals surface area contributed by atoms with Crippen molar-refractivity contribution in [3.05, 3.63) is 0 Å². The summed E-state index contributed by atoms with van der Waals surface area (Å²) in [6, 6.07) is 0. The third-order valence-corrected chi connectivity index (χ3v) is 5.43. The molecule has 1 aliphatic rings. The van der Waals surface area contributed by atoms with Crippen molar-refractivity contribution >= 4 is 5.97 Å². The van der Waals surface area contributed by atoms with Gasteiger partial charge in [-0.1, -0.05) is 103 Å². The van der Waals surface area contributed by atoms with Crippen LogP contribution in [-0.2, 0) is 9.53 Å². The Kier molecular flexibility index (Phi) is 16.1. The summed E-state index contributed by atoms with van der Waals surface area (Å²) in [7, 11) is 0. The molecule has 0 aliphatic carbocycles. The molecule has 1 saturated heterocycles. The topological polar surface area (TPSA) is 29.3 Å². The van der Waals surface area contributed by atoms with Crippen molar-refractivity contribution in [1.29, 1.82) is 0 Å². The standard InChI is InChI=1S/C23H45NO2/c1-2-3-4-5-6-7-8-9-10-11-12-13-14-15-16-17-22-26-23(25)18-19-24-20-21-24/h2-22H2,1H3. The van der Waals surface area contributed by atoms with Crippen LogP contribution in [0.25, 0.3) is 0 Å². The predicted octanol–water partition coefficient (Wildman–Crippen LogP) is 6.50. The lowest BCUT2D eigenvalue weighted by Gasteiger charge is -2.05. The smallest absolute Gasteiger partial charge is 0.307 e. The van der Waals surface area contributed by atoms with Crippen molar-refractivity contribution in [2.45, 2.75) is 116 Å². The van der Waals surface area contributed by atoms with E-state index in [0.717, 1.165) is 26.1 Å². The summed E-state index contributed by atoms with van der Waals surface area (Å²) >= 11 is 0. The SMILES string of the molecule is CCCCCCCCCCCCCCCCCCOC(=O)CCN1CC1. The van der Waals surface area contributed by atoms with Gasteiger partial charge in [-0.15, -0.1) is 0 Å². The van der Waals surface area contributed by atoms with Gasteiger partial charge in [-0.05, 0) is 6.42 Å². The van der Waals surface area contributed by atoms with E-state index in [9.17, 15) is 4.79 Å². The molecular weight excluding hydrogens is 322 g/mol. The van der Waals surface area contributed by atoms with Crippen LogP contribution in [-0.4, -0.2) is 37.1 Å². The monoisotopic (exact) mass is 367 g/mol. The maximum atomic E-state index is 11.5. The molecule has 3 nitrogen and oxygen atoms in total. The largest absolute Gasteiger partial charge is 0.466 e. The Balaban J connectivity index is 1.65. The number of carbonyl (C=O) groups excluding carboxylic acids is 1. The Morgan fingerprint density at radius 3 is 1.54 bits per heavy atom. The fraction of sp³-hybridized carbons (Fsp3) is 0.957. The summed E-state index contributed by atoms with van der Waals surface area (Å²) in [5.41, 5.74) is 0. The van der Waals surface area contributed by atoms with Crippen molar-refractivity contribution in [3.8, 4) is 0 Å². The van der Waals surface area contributed by atoms with Crippen molar-refractivity contribution < 1.29 is 9.53 Å². The highest BCUT2D eigenvalue weighted by Crippen LogP contribution is 2.13. The molecule has 26 heavy (non-hydrogen) atoms. The summed E-state index contributed by atoms with van der Waals surface area (Å²) in [4.78, 5) is 13.7. The average Bonchev–Trinajstić information content (AvgIpc) is 3.47. The molecule has 0 aromatic carbocycles. The van der Waals surface area contributed by atoms with Gasteiger partial charge >= 0.3 is 5.97 Å². The van der Waals surface area contributed by atoms with Crippen LogP contribution in [0.5, 0.6) is 0 Å². The van der Waals surface area contributed by atoms with Gasteiger partial charge in [0.05, 0.1) is 13.0 Å². The van der Waals surface area contributed by atoms with Gasteiger partial charge in [0.15, 0.2) is 0 Å². The summed E-state index contributed by atoms with van der Waals surface area (Å²) in [6.07, 6.45) is 22.6. The average molecular weight is 368 g/mol. The Morgan fingerprint density at radius 1 is 0.692 bits per heavy atom. The minimum Gasteiger partial charge on any atom is -0.466 e. The first-order valence-corrected chi connectivity index (χ1v) is 11.7. The second kappa shape index (κ2) is 17.8. The Hall–Kier alpha value is -0.570. The molecule has 3 heteroatoms. The van der Waals surface area contributed by atoms with Crippen molar-refractivity contribution in [1.82, 2.24) is 4.90 Å². The molecule has 0 amide bonds. The van der Waals surface area contributed by atoms with E-state index >= 15 is 0 Å². The lowest BCUT2D eigenvalue weighted by Crippen LogP contribution is -2.11. The third-order valence-electron chi connectivity index (χ3n) is 5.43. The predicted molar refractivity (Wildman–Crippen MR) is 112 cm³/mol. The normalized spacial score (nSPS) is 13.9. The zero-order valence-corrected chi connectivity index (χ0v) is 17.6. The molecule has 1 heterocycles. The molecule has 0 aromatic heterocycles. The maximum absolute atomic E-state index is 11.5. The summed E-state index contributed by atoms with van der Waals surface area (Å²) < 4.78 is 5.27. The molecule has 0 spiro atoms. The van der Waals surface area contributed by atoms with Gasteiger partial charge in [-0.3, -0.25) is 4.79 Å². The first-order chi connectivity index (χ1) is 12.8. The van der Waals surface area contributed by atoms with Gasteiger partial charge in [0.2, 0.25) is 0 Å². The number of ether oxygens (including phenoxy) is 1. The summed E-state index contributed by atoms with van der Waals surface area (Å²) in [6.45, 7) is 6.11. The Morgan fingerprint density at radius 2 is 1.12 bits per heavy atom. The van der Waals surface area contributed by atoms with Gasteiger partial charge < -0.3 is 9.64 Å². The fourth-order valence-corrected chi connectivity index (χ4v) is 3.45. The number of hydrogen-bond acceptors (Lipinski definition) is 3. The molecule has 0 saturated carbocycles. The van der Waals surface area contributed by atoms with Crippen LogP contribution in [0.4, 0.5) is 0 Å². The summed E-state index contributed by atoms with van der Waals surface area (Å²) in [5.74, 6) is -0.0159. The molecule has 0 unspecified atom stereocenters. The fourth-order valence-electron chi connectivity index (χ4n) is 3.45. The van der Waals surface area contributed by atoms with Gasteiger partial charge in [-0.25, -0.2) is 0 Å². The number of rotatable bonds is 20. The molecule has 0 bridgehead atoms. The van der Waals surface area contributed by atoms with Crippen LogP contribution < -0.4 is 0 Å². The highest BCUT2D eigenvalue weighted by atomic mass is 16.5. The van der Waals surface area contributed by atoms with Gasteiger partial charge in [0.1, 0.15) is 0 Å². The quantitative estimate of drug-likeness (QED) is 0.140. The minimum absolute atomic E-state index is 0.0159. The van der Waals surface area contributed by atoms with E-state index in [1.807, 2.05) is 0 Å². The van der Waals surface area contributed by atoms with Crippen LogP contribution in [0.3, 0.4) is 0 Å². The number of nitrogens with zero attached hydrogens (tertiary/aromatic N) is 1. The van der Waals surface area contributed by atoms with Crippen LogP contribution in [0.15, 0.2) is 0 Å². The van der Waals surface area contributed by atoms with Crippen LogP contribution in [0.2, 0.25) is 0 Å². The van der Waals surface area contributed by atoms with E-state index in [1.54, 1.807) is 0 Å². The van der Waals surface area contributed by atoms with E-state index in [1.165, 1.54) is 96.3 Å². The number of unbranched alkanes of at least 4 members (excludes halogenated alkanes) is 15. The molecule has 0 N–H and O–H groups in total. The van der Waals surface area contributed by atoms with Crippen molar-refractivity contribution in [2.75, 3.05) is 26.2 Å². The van der Waals surface area contributed by atoms with Crippen molar-refractivity contribution in [3.63, 3.8) is 0 Å². The van der Waals surface area contributed by atoms with E-state index in [0.29, 0.717) is 13.0 Å². The third kappa shape index (κ3) is 16.9. The number of hydrogen-bond donors (Lipinski definition) is 0. The van der Waals surface area contributed by atoms with Crippen molar-refractivity contribution in [2.24, 2.45) is 0 Å². The van der Waals surface area contributed by atoms with E-state index in [2.05, 4.69) is 11.8 Å². The zero-order valence-electron chi connectivity index (χ0n) is 17.6. The first kappa shape index (κ1) is 23.5. The van der Waals surface area contributed by atoms with Gasteiger partial charge in [-0.2, -0.15) is 0 Å². The molecule has 0 aromatic rings. The van der Waals surface area contributed by atoms with Crippen LogP contribution >= 0.6 is 0 Å². The molecule has 154 valence electrons. The first-order valence-electron chi connectivity index (χ1n) is 11.7. The number of carbonyl (C=O) groups is 1. The molecule has 0 atom stereocenters. The minimum atomic E-state index is -0.0159. The summed E-state index contributed by atoms with van der Waals surface area (Å²) in [5, 5.41) is 0. The zero-order chi connectivity index (χ0) is 18.7. The van der Waals surface area contributed by atoms with E-state index < -0.39 is 0 Å². The Bertz CT molecular complexity index is 315. The molecule has 1 aliphatic heterocycles. The van der Waals surface area contributed by atoms with Crippen LogP contribution in [0.1, 0.15) is 116 Å². The Labute approximate surface area is 163 Å². The second-order valence-corrected chi connectivity index (χ2v) is 8.12. The van der Waals surface area contributed by atoms with Gasteiger partial charge in [0.25, 0.3) is 0 Å². The highest BCUT2D eigenvalue weighted by Gasteiger charge is 2.17. The lowest BCUT2D eigenvalue weighted by atomic mass is 10.0. The van der Waals surface area contributed by atoms with E-state index in [-0.39, 0.29) is 5.97 Å². The molecule has 0 radical (unpaired) electrons. The highest BCUT2D eigenvalue weighted by molar-refractivity contribution is 5.69. The number of esters is 1. The van der Waals surface area contributed by atoms with E-state index in [4.69, 9.17) is 4.74 Å². The molecule has 1 fully saturated rings.